The van der Waals surface area contributed by atoms with Gasteiger partial charge in [0.15, 0.2) is 0 Å². The molecule has 0 spiro atoms. The number of ether oxygens (including phenoxy) is 1. The average Bonchev–Trinajstić information content (AvgIpc) is 2.43. The largest absolute Gasteiger partial charge is 0.467 e. The van der Waals surface area contributed by atoms with E-state index >= 15 is 0 Å². The van der Waals surface area contributed by atoms with Gasteiger partial charge < -0.3 is 15.4 Å². The highest BCUT2D eigenvalue weighted by molar-refractivity contribution is 9.10. The smallest absolute Gasteiger partial charge is 0.322 e. The monoisotopic (exact) mass is 341 g/mol. The molecule has 0 unspecified atom stereocenters. The Labute approximate surface area is 123 Å². The van der Waals surface area contributed by atoms with Gasteiger partial charge in [-0.3, -0.25) is 0 Å². The SMILES string of the molecule is CCNc1nc(Nc2cc(Br)ccc2F)nc(OC)n1. The van der Waals surface area contributed by atoms with Gasteiger partial charge in [0.2, 0.25) is 11.9 Å². The van der Waals surface area contributed by atoms with Gasteiger partial charge in [-0.25, -0.2) is 4.39 Å². The number of aromatic nitrogens is 3. The summed E-state index contributed by atoms with van der Waals surface area (Å²) in [4.78, 5) is 12.2. The zero-order valence-corrected chi connectivity index (χ0v) is 12.5. The summed E-state index contributed by atoms with van der Waals surface area (Å²) in [6.07, 6.45) is 0. The Bertz CT molecular complexity index is 610. The van der Waals surface area contributed by atoms with E-state index in [-0.39, 0.29) is 17.6 Å². The quantitative estimate of drug-likeness (QED) is 0.871. The molecule has 0 aliphatic rings. The van der Waals surface area contributed by atoms with Gasteiger partial charge in [-0.1, -0.05) is 15.9 Å². The summed E-state index contributed by atoms with van der Waals surface area (Å²) in [5.41, 5.74) is 0.259. The van der Waals surface area contributed by atoms with Crippen molar-refractivity contribution in [2.24, 2.45) is 0 Å². The lowest BCUT2D eigenvalue weighted by atomic mass is 10.3. The molecule has 0 bridgehead atoms. The third kappa shape index (κ3) is 3.53. The van der Waals surface area contributed by atoms with Crippen molar-refractivity contribution in [3.05, 3.63) is 28.5 Å². The van der Waals surface area contributed by atoms with Crippen LogP contribution in [0.5, 0.6) is 6.01 Å². The van der Waals surface area contributed by atoms with Crippen LogP contribution in [0.3, 0.4) is 0 Å². The van der Waals surface area contributed by atoms with Crippen LogP contribution in [0.15, 0.2) is 22.7 Å². The summed E-state index contributed by atoms with van der Waals surface area (Å²) in [5, 5.41) is 5.75. The molecule has 0 fully saturated rings. The number of nitrogens with one attached hydrogen (secondary N) is 2. The first-order chi connectivity index (χ1) is 9.62. The Hall–Kier alpha value is -1.96. The molecule has 1 aromatic carbocycles. The van der Waals surface area contributed by atoms with Crippen LogP contribution < -0.4 is 15.4 Å². The molecule has 20 heavy (non-hydrogen) atoms. The molecule has 0 atom stereocenters. The van der Waals surface area contributed by atoms with Gasteiger partial charge in [0.1, 0.15) is 5.82 Å². The van der Waals surface area contributed by atoms with Crippen molar-refractivity contribution >= 4 is 33.5 Å². The first kappa shape index (κ1) is 14.4. The highest BCUT2D eigenvalue weighted by atomic mass is 79.9. The van der Waals surface area contributed by atoms with E-state index in [4.69, 9.17) is 4.74 Å². The van der Waals surface area contributed by atoms with Crippen molar-refractivity contribution in [1.29, 1.82) is 0 Å². The number of hydrogen-bond acceptors (Lipinski definition) is 6. The fourth-order valence-corrected chi connectivity index (χ4v) is 1.82. The number of anilines is 3. The van der Waals surface area contributed by atoms with Gasteiger partial charge in [0, 0.05) is 11.0 Å². The lowest BCUT2D eigenvalue weighted by Crippen LogP contribution is -2.08. The molecule has 0 aliphatic heterocycles. The maximum absolute atomic E-state index is 13.7. The van der Waals surface area contributed by atoms with Gasteiger partial charge in [0.25, 0.3) is 0 Å². The van der Waals surface area contributed by atoms with E-state index in [1.165, 1.54) is 13.2 Å². The van der Waals surface area contributed by atoms with Crippen LogP contribution in [-0.4, -0.2) is 28.6 Å². The maximum Gasteiger partial charge on any atom is 0.322 e. The van der Waals surface area contributed by atoms with E-state index < -0.39 is 5.82 Å². The standard InChI is InChI=1S/C12H13BrFN5O/c1-3-15-10-17-11(19-12(18-10)20-2)16-9-6-7(13)4-5-8(9)14/h4-6H,3H2,1-2H3,(H2,15,16,17,18,19). The molecule has 0 aliphatic carbocycles. The number of nitrogens with zero attached hydrogens (tertiary/aromatic N) is 3. The van der Waals surface area contributed by atoms with E-state index in [1.807, 2.05) is 6.92 Å². The van der Waals surface area contributed by atoms with E-state index in [2.05, 4.69) is 41.5 Å². The van der Waals surface area contributed by atoms with Crippen molar-refractivity contribution < 1.29 is 9.13 Å². The molecule has 2 rings (SSSR count). The van der Waals surface area contributed by atoms with Gasteiger partial charge in [-0.2, -0.15) is 15.0 Å². The van der Waals surface area contributed by atoms with E-state index in [0.29, 0.717) is 12.5 Å². The number of rotatable bonds is 5. The minimum atomic E-state index is -0.405. The number of benzene rings is 1. The van der Waals surface area contributed by atoms with Gasteiger partial charge >= 0.3 is 6.01 Å². The Balaban J connectivity index is 2.32. The predicted octanol–water partition coefficient (Wildman–Crippen LogP) is 2.96. The van der Waals surface area contributed by atoms with Crippen LogP contribution in [0.25, 0.3) is 0 Å². The minimum absolute atomic E-state index is 0.147. The summed E-state index contributed by atoms with van der Waals surface area (Å²) in [6.45, 7) is 2.56. The number of halogens is 2. The Morgan fingerprint density at radius 2 is 2.00 bits per heavy atom. The van der Waals surface area contributed by atoms with E-state index in [9.17, 15) is 4.39 Å². The molecule has 0 amide bonds. The summed E-state index contributed by atoms with van der Waals surface area (Å²) in [7, 11) is 1.45. The molecule has 2 N–H and O–H groups in total. The van der Waals surface area contributed by atoms with Crippen LogP contribution in [0, 0.1) is 5.82 Å². The fraction of sp³-hybridized carbons (Fsp3) is 0.250. The minimum Gasteiger partial charge on any atom is -0.467 e. The van der Waals surface area contributed by atoms with Crippen molar-refractivity contribution in [2.75, 3.05) is 24.3 Å². The number of hydrogen-bond donors (Lipinski definition) is 2. The normalized spacial score (nSPS) is 10.2. The third-order valence-corrected chi connectivity index (χ3v) is 2.80. The highest BCUT2D eigenvalue weighted by Gasteiger charge is 2.09. The molecule has 1 aromatic heterocycles. The summed E-state index contributed by atoms with van der Waals surface area (Å²) in [6, 6.07) is 4.70. The Morgan fingerprint density at radius 1 is 1.25 bits per heavy atom. The molecule has 0 saturated carbocycles. The van der Waals surface area contributed by atoms with Gasteiger partial charge in [-0.05, 0) is 25.1 Å². The Kier molecular flexibility index (Phi) is 4.67. The zero-order chi connectivity index (χ0) is 14.5. The summed E-state index contributed by atoms with van der Waals surface area (Å²) < 4.78 is 19.4. The van der Waals surface area contributed by atoms with Crippen molar-refractivity contribution in [1.82, 2.24) is 15.0 Å². The number of methoxy groups -OCH3 is 1. The van der Waals surface area contributed by atoms with Crippen LogP contribution in [0.1, 0.15) is 6.92 Å². The second-order valence-corrected chi connectivity index (χ2v) is 4.66. The first-order valence-corrected chi connectivity index (χ1v) is 6.67. The first-order valence-electron chi connectivity index (χ1n) is 5.88. The molecular weight excluding hydrogens is 329 g/mol. The average molecular weight is 342 g/mol. The van der Waals surface area contributed by atoms with Crippen molar-refractivity contribution in [3.63, 3.8) is 0 Å². The molecule has 8 heteroatoms. The summed E-state index contributed by atoms with van der Waals surface area (Å²) >= 11 is 3.28. The predicted molar refractivity (Wildman–Crippen MR) is 77.9 cm³/mol. The second-order valence-electron chi connectivity index (χ2n) is 3.75. The molecule has 2 aromatic rings. The van der Waals surface area contributed by atoms with E-state index in [0.717, 1.165) is 4.47 Å². The molecule has 1 heterocycles. The second kappa shape index (κ2) is 6.47. The van der Waals surface area contributed by atoms with E-state index in [1.54, 1.807) is 12.1 Å². The molecular formula is C12H13BrFN5O. The maximum atomic E-state index is 13.7. The van der Waals surface area contributed by atoms with Gasteiger partial charge in [0.05, 0.1) is 12.8 Å². The van der Waals surface area contributed by atoms with Crippen LogP contribution in [0.4, 0.5) is 22.0 Å². The topological polar surface area (TPSA) is 72.0 Å². The van der Waals surface area contributed by atoms with Gasteiger partial charge in [-0.15, -0.1) is 0 Å². The highest BCUT2D eigenvalue weighted by Crippen LogP contribution is 2.23. The van der Waals surface area contributed by atoms with Crippen LogP contribution >= 0.6 is 15.9 Å². The molecule has 0 radical (unpaired) electrons. The zero-order valence-electron chi connectivity index (χ0n) is 10.9. The van der Waals surface area contributed by atoms with Crippen LogP contribution in [-0.2, 0) is 0 Å². The molecule has 0 saturated heterocycles. The lowest BCUT2D eigenvalue weighted by Gasteiger charge is -2.09. The molecule has 106 valence electrons. The van der Waals surface area contributed by atoms with Crippen molar-refractivity contribution in [3.8, 4) is 6.01 Å². The lowest BCUT2D eigenvalue weighted by molar-refractivity contribution is 0.379. The summed E-state index contributed by atoms with van der Waals surface area (Å²) in [5.74, 6) is 0.152. The van der Waals surface area contributed by atoms with Crippen molar-refractivity contribution in [2.45, 2.75) is 6.92 Å². The molecule has 6 nitrogen and oxygen atoms in total. The Morgan fingerprint density at radius 3 is 2.70 bits per heavy atom. The fourth-order valence-electron chi connectivity index (χ4n) is 1.45. The van der Waals surface area contributed by atoms with Crippen LogP contribution in [0.2, 0.25) is 0 Å². The third-order valence-electron chi connectivity index (χ3n) is 2.31.